The number of epoxide rings is 1. The van der Waals surface area contributed by atoms with Gasteiger partial charge in [0.2, 0.25) is 0 Å². The molecule has 2 heterocycles. The summed E-state index contributed by atoms with van der Waals surface area (Å²) in [6.45, 7) is 1.00. The molecule has 1 unspecified atom stereocenters. The molecule has 1 nitrogen and oxygen atoms in total. The summed E-state index contributed by atoms with van der Waals surface area (Å²) in [5.74, 6) is 0. The second kappa shape index (κ2) is 3.37. The fourth-order valence-electron chi connectivity index (χ4n) is 1.19. The van der Waals surface area contributed by atoms with Crippen molar-refractivity contribution in [1.29, 1.82) is 0 Å². The molecule has 0 spiro atoms. The van der Waals surface area contributed by atoms with E-state index in [1.165, 1.54) is 24.1 Å². The first-order chi connectivity index (χ1) is 5.45. The van der Waals surface area contributed by atoms with Gasteiger partial charge >= 0.3 is 0 Å². The number of ether oxygens (including phenoxy) is 1. The van der Waals surface area contributed by atoms with Crippen LogP contribution in [0.5, 0.6) is 0 Å². The van der Waals surface area contributed by atoms with Crippen LogP contribution in [-0.4, -0.2) is 12.7 Å². The van der Waals surface area contributed by atoms with Gasteiger partial charge in [-0.05, 0) is 30.7 Å². The number of rotatable bonds is 4. The minimum absolute atomic E-state index is 0.606. The van der Waals surface area contributed by atoms with E-state index in [2.05, 4.69) is 17.5 Å². The van der Waals surface area contributed by atoms with Crippen molar-refractivity contribution in [3.8, 4) is 0 Å². The molecule has 1 saturated heterocycles. The Morgan fingerprint density at radius 3 is 3.18 bits per heavy atom. The van der Waals surface area contributed by atoms with Crippen LogP contribution in [0.4, 0.5) is 0 Å². The molecule has 0 bridgehead atoms. The lowest BCUT2D eigenvalue weighted by Gasteiger charge is -1.93. The Bertz CT molecular complexity index is 201. The summed E-state index contributed by atoms with van der Waals surface area (Å²) in [5.41, 5.74) is 0. The van der Waals surface area contributed by atoms with Crippen molar-refractivity contribution in [2.24, 2.45) is 0 Å². The highest BCUT2D eigenvalue weighted by atomic mass is 32.1. The zero-order valence-electron chi connectivity index (χ0n) is 6.45. The van der Waals surface area contributed by atoms with E-state index in [0.29, 0.717) is 6.10 Å². The summed E-state index contributed by atoms with van der Waals surface area (Å²) in [4.78, 5) is 1.51. The molecule has 2 rings (SSSR count). The molecule has 1 aromatic rings. The fraction of sp³-hybridized carbons (Fsp3) is 0.556. The molecular formula is C9H12OS. The summed E-state index contributed by atoms with van der Waals surface area (Å²) in [5, 5.41) is 2.14. The average molecular weight is 168 g/mol. The van der Waals surface area contributed by atoms with Crippen LogP contribution in [0.15, 0.2) is 17.5 Å². The number of hydrogen-bond donors (Lipinski definition) is 0. The Morgan fingerprint density at radius 2 is 2.55 bits per heavy atom. The van der Waals surface area contributed by atoms with Gasteiger partial charge in [-0.2, -0.15) is 0 Å². The molecule has 1 fully saturated rings. The van der Waals surface area contributed by atoms with Crippen molar-refractivity contribution < 1.29 is 4.74 Å². The molecule has 60 valence electrons. The van der Waals surface area contributed by atoms with Crippen molar-refractivity contribution in [3.63, 3.8) is 0 Å². The number of aryl methyl sites for hydroxylation is 1. The summed E-state index contributed by atoms with van der Waals surface area (Å²) in [7, 11) is 0. The Hall–Kier alpha value is -0.340. The molecule has 0 saturated carbocycles. The van der Waals surface area contributed by atoms with Gasteiger partial charge in [0, 0.05) is 4.88 Å². The van der Waals surface area contributed by atoms with E-state index in [0.717, 1.165) is 6.61 Å². The fourth-order valence-corrected chi connectivity index (χ4v) is 1.94. The van der Waals surface area contributed by atoms with Gasteiger partial charge in [0.15, 0.2) is 0 Å². The van der Waals surface area contributed by atoms with Crippen LogP contribution in [0, 0.1) is 0 Å². The first kappa shape index (κ1) is 7.32. The van der Waals surface area contributed by atoms with Gasteiger partial charge in [0.05, 0.1) is 12.7 Å². The lowest BCUT2D eigenvalue weighted by atomic mass is 10.2. The minimum Gasteiger partial charge on any atom is -0.373 e. The SMILES string of the molecule is c1csc(CCCC2CO2)c1. The van der Waals surface area contributed by atoms with Crippen molar-refractivity contribution in [2.45, 2.75) is 25.4 Å². The summed E-state index contributed by atoms with van der Waals surface area (Å²) in [6, 6.07) is 4.33. The zero-order valence-corrected chi connectivity index (χ0v) is 7.27. The third kappa shape index (κ3) is 2.31. The van der Waals surface area contributed by atoms with Gasteiger partial charge in [-0.15, -0.1) is 11.3 Å². The summed E-state index contributed by atoms with van der Waals surface area (Å²) >= 11 is 1.85. The second-order valence-electron chi connectivity index (χ2n) is 2.93. The highest BCUT2D eigenvalue weighted by molar-refractivity contribution is 7.09. The van der Waals surface area contributed by atoms with Gasteiger partial charge in [-0.1, -0.05) is 6.07 Å². The Labute approximate surface area is 71.0 Å². The number of hydrogen-bond acceptors (Lipinski definition) is 2. The lowest BCUT2D eigenvalue weighted by molar-refractivity contribution is 0.392. The van der Waals surface area contributed by atoms with Crippen LogP contribution in [-0.2, 0) is 11.2 Å². The maximum absolute atomic E-state index is 5.13. The number of thiophene rings is 1. The molecule has 2 heteroatoms. The van der Waals surface area contributed by atoms with Crippen molar-refractivity contribution in [1.82, 2.24) is 0 Å². The van der Waals surface area contributed by atoms with Crippen molar-refractivity contribution >= 4 is 11.3 Å². The molecule has 1 aromatic heterocycles. The molecule has 0 N–H and O–H groups in total. The first-order valence-corrected chi connectivity index (χ1v) is 4.97. The van der Waals surface area contributed by atoms with E-state index in [9.17, 15) is 0 Å². The van der Waals surface area contributed by atoms with E-state index in [1.807, 2.05) is 11.3 Å². The van der Waals surface area contributed by atoms with Crippen LogP contribution in [0.3, 0.4) is 0 Å². The Balaban J connectivity index is 1.66. The van der Waals surface area contributed by atoms with E-state index < -0.39 is 0 Å². The largest absolute Gasteiger partial charge is 0.373 e. The normalized spacial score (nSPS) is 22.0. The third-order valence-corrected chi connectivity index (χ3v) is 2.87. The van der Waals surface area contributed by atoms with Crippen LogP contribution < -0.4 is 0 Å². The van der Waals surface area contributed by atoms with E-state index >= 15 is 0 Å². The molecule has 0 aromatic carbocycles. The van der Waals surface area contributed by atoms with Gasteiger partial charge < -0.3 is 4.74 Å². The highest BCUT2D eigenvalue weighted by Gasteiger charge is 2.21. The molecule has 0 amide bonds. The second-order valence-corrected chi connectivity index (χ2v) is 3.96. The topological polar surface area (TPSA) is 12.5 Å². The van der Waals surface area contributed by atoms with E-state index in [-0.39, 0.29) is 0 Å². The van der Waals surface area contributed by atoms with Crippen molar-refractivity contribution in [3.05, 3.63) is 22.4 Å². The Morgan fingerprint density at radius 1 is 1.64 bits per heavy atom. The highest BCUT2D eigenvalue weighted by Crippen LogP contribution is 2.18. The maximum atomic E-state index is 5.13. The van der Waals surface area contributed by atoms with Crippen LogP contribution in [0.1, 0.15) is 17.7 Å². The molecule has 0 aliphatic carbocycles. The smallest absolute Gasteiger partial charge is 0.0810 e. The molecule has 1 aliphatic heterocycles. The van der Waals surface area contributed by atoms with Gasteiger partial charge in [-0.25, -0.2) is 0 Å². The minimum atomic E-state index is 0.606. The molecule has 11 heavy (non-hydrogen) atoms. The third-order valence-electron chi connectivity index (χ3n) is 1.93. The summed E-state index contributed by atoms with van der Waals surface area (Å²) < 4.78 is 5.13. The quantitative estimate of drug-likeness (QED) is 0.629. The predicted molar refractivity (Wildman–Crippen MR) is 47.0 cm³/mol. The molecular weight excluding hydrogens is 156 g/mol. The summed E-state index contributed by atoms with van der Waals surface area (Å²) in [6.07, 6.45) is 4.37. The van der Waals surface area contributed by atoms with Crippen LogP contribution in [0.2, 0.25) is 0 Å². The zero-order chi connectivity index (χ0) is 7.52. The van der Waals surface area contributed by atoms with E-state index in [1.54, 1.807) is 0 Å². The van der Waals surface area contributed by atoms with Gasteiger partial charge in [0.25, 0.3) is 0 Å². The van der Waals surface area contributed by atoms with Crippen molar-refractivity contribution in [2.75, 3.05) is 6.61 Å². The first-order valence-electron chi connectivity index (χ1n) is 4.09. The average Bonchev–Trinajstić information content (AvgIpc) is 2.66. The predicted octanol–water partition coefficient (Wildman–Crippen LogP) is 2.47. The monoisotopic (exact) mass is 168 g/mol. The molecule has 1 atom stereocenters. The van der Waals surface area contributed by atoms with E-state index in [4.69, 9.17) is 4.74 Å². The standard InChI is InChI=1S/C9H12OS/c1(3-8-7-10-8)4-9-5-2-6-11-9/h2,5-6,8H,1,3-4,7H2. The lowest BCUT2D eigenvalue weighted by Crippen LogP contribution is -1.87. The van der Waals surface area contributed by atoms with Crippen LogP contribution >= 0.6 is 11.3 Å². The Kier molecular flexibility index (Phi) is 2.24. The maximum Gasteiger partial charge on any atom is 0.0810 e. The molecule has 0 radical (unpaired) electrons. The van der Waals surface area contributed by atoms with Gasteiger partial charge in [-0.3, -0.25) is 0 Å². The molecule has 1 aliphatic rings. The van der Waals surface area contributed by atoms with Gasteiger partial charge in [0.1, 0.15) is 0 Å². The van der Waals surface area contributed by atoms with Crippen LogP contribution in [0.25, 0.3) is 0 Å².